The number of rotatable bonds is 5. The number of hydrazone groups is 1. The van der Waals surface area contributed by atoms with Crippen LogP contribution < -0.4 is 10.7 Å². The molecule has 0 bridgehead atoms. The van der Waals surface area contributed by atoms with E-state index in [1.54, 1.807) is 0 Å². The van der Waals surface area contributed by atoms with Crippen molar-refractivity contribution in [2.45, 2.75) is 19.5 Å². The van der Waals surface area contributed by atoms with Crippen LogP contribution in [0.1, 0.15) is 29.5 Å². The van der Waals surface area contributed by atoms with Crippen LogP contribution in [0.2, 0.25) is 0 Å². The molecule has 0 fully saturated rings. The molecule has 0 spiro atoms. The Balaban J connectivity index is 1.91. The summed E-state index contributed by atoms with van der Waals surface area (Å²) in [4.78, 5) is 23.5. The third-order valence-electron chi connectivity index (χ3n) is 2.98. The predicted octanol–water partition coefficient (Wildman–Crippen LogP) is 3.43. The fraction of sp³-hybridized carbons (Fsp3) is 0.188. The van der Waals surface area contributed by atoms with Gasteiger partial charge in [-0.2, -0.15) is 18.3 Å². The lowest BCUT2D eigenvalue weighted by Crippen LogP contribution is -2.21. The molecule has 1 aromatic heterocycles. The van der Waals surface area contributed by atoms with Crippen LogP contribution in [0.4, 0.5) is 18.9 Å². The number of anilines is 1. The fourth-order valence-electron chi connectivity index (χ4n) is 1.86. The summed E-state index contributed by atoms with van der Waals surface area (Å²) in [6.45, 7) is 1.49. The van der Waals surface area contributed by atoms with E-state index in [1.807, 2.05) is 0 Å². The van der Waals surface area contributed by atoms with Crippen molar-refractivity contribution in [3.63, 3.8) is 0 Å². The lowest BCUT2D eigenvalue weighted by atomic mass is 10.2. The molecule has 0 aliphatic heterocycles. The summed E-state index contributed by atoms with van der Waals surface area (Å²) in [6.07, 6.45) is -3.36. The minimum absolute atomic E-state index is 0.0206. The highest BCUT2D eigenvalue weighted by molar-refractivity contribution is 6.06. The molecule has 132 valence electrons. The number of carbonyl (C=O) groups excluding carboxylic acids is 2. The van der Waals surface area contributed by atoms with E-state index in [1.165, 1.54) is 37.5 Å². The minimum atomic E-state index is -4.49. The molecule has 0 radical (unpaired) electrons. The second kappa shape index (κ2) is 7.65. The Labute approximate surface area is 140 Å². The Hall–Kier alpha value is -3.10. The molecule has 0 aliphatic carbocycles. The van der Waals surface area contributed by atoms with Gasteiger partial charge in [0.1, 0.15) is 0 Å². The Kier molecular flexibility index (Phi) is 5.58. The standard InChI is InChI=1S/C16H14F3N3O3/c1-10(21-22-15(24)13-6-3-7-25-13)8-14(23)20-12-5-2-4-11(9-12)16(17,18)19/h2-7,9H,8H2,1H3,(H,20,23)(H,22,24). The third-order valence-corrected chi connectivity index (χ3v) is 2.98. The van der Waals surface area contributed by atoms with Crippen molar-refractivity contribution in [3.05, 3.63) is 54.0 Å². The number of amides is 2. The number of alkyl halides is 3. The zero-order valence-electron chi connectivity index (χ0n) is 13.1. The van der Waals surface area contributed by atoms with Crippen molar-refractivity contribution in [3.8, 4) is 0 Å². The molecule has 2 N–H and O–H groups in total. The molecule has 2 aromatic rings. The maximum atomic E-state index is 12.6. The summed E-state index contributed by atoms with van der Waals surface area (Å²) < 4.78 is 42.8. The highest BCUT2D eigenvalue weighted by Crippen LogP contribution is 2.30. The monoisotopic (exact) mass is 353 g/mol. The first kappa shape index (κ1) is 18.2. The van der Waals surface area contributed by atoms with Crippen molar-refractivity contribution in [1.82, 2.24) is 5.43 Å². The van der Waals surface area contributed by atoms with Gasteiger partial charge in [0, 0.05) is 11.4 Å². The van der Waals surface area contributed by atoms with Gasteiger partial charge in [0.2, 0.25) is 5.91 Å². The minimum Gasteiger partial charge on any atom is -0.459 e. The van der Waals surface area contributed by atoms with E-state index >= 15 is 0 Å². The van der Waals surface area contributed by atoms with Gasteiger partial charge in [-0.3, -0.25) is 9.59 Å². The topological polar surface area (TPSA) is 83.7 Å². The van der Waals surface area contributed by atoms with Crippen molar-refractivity contribution >= 4 is 23.2 Å². The Bertz CT molecular complexity index is 783. The van der Waals surface area contributed by atoms with Crippen LogP contribution in [-0.4, -0.2) is 17.5 Å². The number of nitrogens with zero attached hydrogens (tertiary/aromatic N) is 1. The van der Waals surface area contributed by atoms with E-state index in [4.69, 9.17) is 4.42 Å². The number of furan rings is 1. The molecular formula is C16H14F3N3O3. The normalized spacial score (nSPS) is 11.9. The number of hydrogen-bond acceptors (Lipinski definition) is 4. The van der Waals surface area contributed by atoms with Gasteiger partial charge in [-0.05, 0) is 37.3 Å². The zero-order chi connectivity index (χ0) is 18.4. The molecule has 6 nitrogen and oxygen atoms in total. The van der Waals surface area contributed by atoms with Crippen LogP contribution in [0.5, 0.6) is 0 Å². The maximum Gasteiger partial charge on any atom is 0.416 e. The number of benzene rings is 1. The van der Waals surface area contributed by atoms with Crippen LogP contribution >= 0.6 is 0 Å². The Morgan fingerprint density at radius 3 is 2.60 bits per heavy atom. The van der Waals surface area contributed by atoms with Crippen molar-refractivity contribution in [2.75, 3.05) is 5.32 Å². The SMILES string of the molecule is CC(CC(=O)Nc1cccc(C(F)(F)F)c1)=NNC(=O)c1ccco1. The smallest absolute Gasteiger partial charge is 0.416 e. The molecule has 9 heteroatoms. The first-order valence-corrected chi connectivity index (χ1v) is 7.10. The predicted molar refractivity (Wildman–Crippen MR) is 84.0 cm³/mol. The molecule has 0 saturated heterocycles. The van der Waals surface area contributed by atoms with Crippen molar-refractivity contribution in [1.29, 1.82) is 0 Å². The molecule has 1 heterocycles. The molecule has 0 atom stereocenters. The van der Waals surface area contributed by atoms with Gasteiger partial charge in [0.05, 0.1) is 18.2 Å². The largest absolute Gasteiger partial charge is 0.459 e. The lowest BCUT2D eigenvalue weighted by molar-refractivity contribution is -0.137. The second-order valence-electron chi connectivity index (χ2n) is 5.07. The van der Waals surface area contributed by atoms with Crippen LogP contribution in [0.25, 0.3) is 0 Å². The van der Waals surface area contributed by atoms with Gasteiger partial charge < -0.3 is 9.73 Å². The Morgan fingerprint density at radius 2 is 1.96 bits per heavy atom. The fourth-order valence-corrected chi connectivity index (χ4v) is 1.86. The lowest BCUT2D eigenvalue weighted by Gasteiger charge is -2.09. The Morgan fingerprint density at radius 1 is 1.20 bits per heavy atom. The quantitative estimate of drug-likeness (QED) is 0.638. The number of hydrogen-bond donors (Lipinski definition) is 2. The first-order chi connectivity index (χ1) is 11.8. The average Bonchev–Trinajstić information content (AvgIpc) is 3.06. The molecule has 0 saturated carbocycles. The molecule has 0 aliphatic rings. The van der Waals surface area contributed by atoms with E-state index in [0.717, 1.165) is 12.1 Å². The van der Waals surface area contributed by atoms with Gasteiger partial charge in [-0.25, -0.2) is 5.43 Å². The maximum absolute atomic E-state index is 12.6. The molecule has 2 amide bonds. The molecule has 0 unspecified atom stereocenters. The summed E-state index contributed by atoms with van der Waals surface area (Å²) in [5, 5.41) is 6.08. The summed E-state index contributed by atoms with van der Waals surface area (Å²) in [6, 6.07) is 7.27. The second-order valence-corrected chi connectivity index (χ2v) is 5.07. The van der Waals surface area contributed by atoms with Crippen molar-refractivity contribution in [2.24, 2.45) is 5.10 Å². The average molecular weight is 353 g/mol. The van der Waals surface area contributed by atoms with E-state index in [0.29, 0.717) is 0 Å². The number of nitrogens with one attached hydrogen (secondary N) is 2. The molecule has 1 aromatic carbocycles. The van der Waals surface area contributed by atoms with Crippen molar-refractivity contribution < 1.29 is 27.2 Å². The number of carbonyl (C=O) groups is 2. The van der Waals surface area contributed by atoms with Crippen LogP contribution in [0, 0.1) is 0 Å². The zero-order valence-corrected chi connectivity index (χ0v) is 13.1. The molecule has 25 heavy (non-hydrogen) atoms. The summed E-state index contributed by atoms with van der Waals surface area (Å²) in [5.74, 6) is -1.08. The van der Waals surface area contributed by atoms with Crippen LogP contribution in [-0.2, 0) is 11.0 Å². The highest BCUT2D eigenvalue weighted by atomic mass is 19.4. The third kappa shape index (κ3) is 5.48. The van der Waals surface area contributed by atoms with E-state index in [2.05, 4.69) is 15.8 Å². The van der Waals surface area contributed by atoms with Gasteiger partial charge in [0.15, 0.2) is 5.76 Å². The number of halogens is 3. The highest BCUT2D eigenvalue weighted by Gasteiger charge is 2.30. The van der Waals surface area contributed by atoms with Crippen LogP contribution in [0.3, 0.4) is 0 Å². The van der Waals surface area contributed by atoms with E-state index in [9.17, 15) is 22.8 Å². The van der Waals surface area contributed by atoms with E-state index in [-0.39, 0.29) is 23.6 Å². The summed E-state index contributed by atoms with van der Waals surface area (Å²) in [5.41, 5.74) is 1.64. The summed E-state index contributed by atoms with van der Waals surface area (Å²) >= 11 is 0. The van der Waals surface area contributed by atoms with E-state index < -0.39 is 23.6 Å². The van der Waals surface area contributed by atoms with Gasteiger partial charge in [0.25, 0.3) is 0 Å². The first-order valence-electron chi connectivity index (χ1n) is 7.10. The molecular weight excluding hydrogens is 339 g/mol. The molecule has 2 rings (SSSR count). The van der Waals surface area contributed by atoms with Gasteiger partial charge in [-0.15, -0.1) is 0 Å². The van der Waals surface area contributed by atoms with Gasteiger partial charge in [-0.1, -0.05) is 6.07 Å². The van der Waals surface area contributed by atoms with Gasteiger partial charge >= 0.3 is 12.1 Å². The summed E-state index contributed by atoms with van der Waals surface area (Å²) in [7, 11) is 0. The van der Waals surface area contributed by atoms with Crippen LogP contribution in [0.15, 0.2) is 52.2 Å².